The minimum Gasteiger partial charge on any atom is -0.442 e. The third-order valence-corrected chi connectivity index (χ3v) is 3.35. The summed E-state index contributed by atoms with van der Waals surface area (Å²) in [4.78, 5) is 20.7. The topological polar surface area (TPSA) is 60.2 Å². The molecule has 7 heteroatoms. The summed E-state index contributed by atoms with van der Waals surface area (Å²) in [6.45, 7) is 9.25. The van der Waals surface area contributed by atoms with Crippen LogP contribution < -0.4 is 5.01 Å². The lowest BCUT2D eigenvalue weighted by Crippen LogP contribution is -2.40. The molecule has 2 rings (SSSR count). The fourth-order valence-corrected chi connectivity index (χ4v) is 2.20. The van der Waals surface area contributed by atoms with Gasteiger partial charge in [0.25, 0.3) is 0 Å². The molecule has 0 fully saturated rings. The molecular weight excluding hydrogens is 292 g/mol. The molecule has 0 unspecified atom stereocenters. The second kappa shape index (κ2) is 5.18. The Morgan fingerprint density at radius 2 is 2.00 bits per heavy atom. The summed E-state index contributed by atoms with van der Waals surface area (Å²) in [5.41, 5.74) is 2.47. The average Bonchev–Trinajstić information content (AvgIpc) is 2.78. The number of fused-ring (bicyclic) bond motifs is 1. The summed E-state index contributed by atoms with van der Waals surface area (Å²) in [6.07, 6.45) is 1.07. The molecule has 1 amide bonds. The standard InChI is InChI=1S/C14H19ClN4O2/c1-8-9(2)17-12(15)10-11(8)19(7-16-10)18(6)13(20)21-14(3,4)5/h7H,1-6H3. The van der Waals surface area contributed by atoms with Crippen molar-refractivity contribution in [1.29, 1.82) is 0 Å². The van der Waals surface area contributed by atoms with E-state index in [4.69, 9.17) is 16.3 Å². The summed E-state index contributed by atoms with van der Waals surface area (Å²) in [6, 6.07) is 0. The van der Waals surface area contributed by atoms with E-state index in [1.807, 2.05) is 34.6 Å². The molecule has 21 heavy (non-hydrogen) atoms. The molecule has 0 N–H and O–H groups in total. The van der Waals surface area contributed by atoms with Crippen LogP contribution in [0.1, 0.15) is 32.0 Å². The Hall–Kier alpha value is -1.82. The van der Waals surface area contributed by atoms with Gasteiger partial charge in [0.2, 0.25) is 0 Å². The zero-order chi connectivity index (χ0) is 15.9. The van der Waals surface area contributed by atoms with Gasteiger partial charge in [0.1, 0.15) is 17.4 Å². The van der Waals surface area contributed by atoms with E-state index < -0.39 is 11.7 Å². The summed E-state index contributed by atoms with van der Waals surface area (Å²) < 4.78 is 6.99. The number of ether oxygens (including phenoxy) is 1. The average molecular weight is 311 g/mol. The number of carbonyl (C=O) groups is 1. The van der Waals surface area contributed by atoms with Crippen LogP contribution in [0.3, 0.4) is 0 Å². The van der Waals surface area contributed by atoms with Crippen LogP contribution in [0, 0.1) is 13.8 Å². The Morgan fingerprint density at radius 1 is 1.38 bits per heavy atom. The summed E-state index contributed by atoms with van der Waals surface area (Å²) in [7, 11) is 1.62. The maximum atomic E-state index is 12.2. The molecule has 114 valence electrons. The van der Waals surface area contributed by atoms with E-state index >= 15 is 0 Å². The van der Waals surface area contributed by atoms with E-state index in [-0.39, 0.29) is 0 Å². The first-order valence-corrected chi connectivity index (χ1v) is 6.96. The van der Waals surface area contributed by atoms with Crippen LogP contribution in [-0.4, -0.2) is 33.4 Å². The van der Waals surface area contributed by atoms with E-state index in [0.29, 0.717) is 10.7 Å². The van der Waals surface area contributed by atoms with Gasteiger partial charge in [0.15, 0.2) is 5.15 Å². The van der Waals surface area contributed by atoms with Crippen LogP contribution in [0.25, 0.3) is 11.0 Å². The van der Waals surface area contributed by atoms with Gasteiger partial charge in [-0.25, -0.2) is 24.4 Å². The Bertz CT molecular complexity index is 703. The summed E-state index contributed by atoms with van der Waals surface area (Å²) >= 11 is 6.12. The number of aryl methyl sites for hydroxylation is 2. The zero-order valence-corrected chi connectivity index (χ0v) is 13.8. The summed E-state index contributed by atoms with van der Waals surface area (Å²) in [5, 5.41) is 1.69. The van der Waals surface area contributed by atoms with Gasteiger partial charge in [-0.1, -0.05) is 11.6 Å². The second-order valence-electron chi connectivity index (χ2n) is 5.90. The number of halogens is 1. The van der Waals surface area contributed by atoms with Crippen LogP contribution >= 0.6 is 11.6 Å². The van der Waals surface area contributed by atoms with Gasteiger partial charge in [-0.2, -0.15) is 0 Å². The Kier molecular flexibility index (Phi) is 3.84. The summed E-state index contributed by atoms with van der Waals surface area (Å²) in [5.74, 6) is 0. The van der Waals surface area contributed by atoms with Crippen molar-refractivity contribution in [3.63, 3.8) is 0 Å². The fraction of sp³-hybridized carbons (Fsp3) is 0.500. The van der Waals surface area contributed by atoms with E-state index in [9.17, 15) is 4.79 Å². The van der Waals surface area contributed by atoms with Crippen LogP contribution in [0.5, 0.6) is 0 Å². The zero-order valence-electron chi connectivity index (χ0n) is 13.1. The van der Waals surface area contributed by atoms with Gasteiger partial charge in [0.05, 0.1) is 5.52 Å². The lowest BCUT2D eigenvalue weighted by Gasteiger charge is -2.25. The van der Waals surface area contributed by atoms with Gasteiger partial charge in [-0.3, -0.25) is 0 Å². The normalized spacial score (nSPS) is 11.8. The number of aromatic nitrogens is 3. The molecule has 0 saturated heterocycles. The first-order valence-electron chi connectivity index (χ1n) is 6.58. The number of imidazole rings is 1. The monoisotopic (exact) mass is 310 g/mol. The van der Waals surface area contributed by atoms with E-state index in [1.165, 1.54) is 11.3 Å². The largest absolute Gasteiger partial charge is 0.442 e. The molecular formula is C14H19ClN4O2. The molecule has 2 aromatic heterocycles. The third kappa shape index (κ3) is 2.95. The molecule has 0 aliphatic rings. The predicted molar refractivity (Wildman–Crippen MR) is 82.4 cm³/mol. The maximum Gasteiger partial charge on any atom is 0.429 e. The Balaban J connectivity index is 2.50. The predicted octanol–water partition coefficient (Wildman–Crippen LogP) is 3.20. The van der Waals surface area contributed by atoms with Crippen LogP contribution in [0.4, 0.5) is 4.79 Å². The molecule has 0 atom stereocenters. The molecule has 0 aliphatic carbocycles. The quantitative estimate of drug-likeness (QED) is 0.759. The molecule has 0 bridgehead atoms. The van der Waals surface area contributed by atoms with Crippen molar-refractivity contribution in [2.75, 3.05) is 12.1 Å². The van der Waals surface area contributed by atoms with Gasteiger partial charge >= 0.3 is 6.09 Å². The van der Waals surface area contributed by atoms with Crippen molar-refractivity contribution >= 4 is 28.7 Å². The molecule has 0 radical (unpaired) electrons. The highest BCUT2D eigenvalue weighted by molar-refractivity contribution is 6.33. The van der Waals surface area contributed by atoms with Crippen molar-refractivity contribution in [1.82, 2.24) is 14.6 Å². The number of hydrogen-bond donors (Lipinski definition) is 0. The number of nitrogens with zero attached hydrogens (tertiary/aromatic N) is 4. The van der Waals surface area contributed by atoms with Crippen molar-refractivity contribution in [3.8, 4) is 0 Å². The van der Waals surface area contributed by atoms with Gasteiger partial charge < -0.3 is 4.74 Å². The highest BCUT2D eigenvalue weighted by atomic mass is 35.5. The maximum absolute atomic E-state index is 12.2. The number of hydrogen-bond acceptors (Lipinski definition) is 4. The van der Waals surface area contributed by atoms with Crippen molar-refractivity contribution in [3.05, 3.63) is 22.7 Å². The third-order valence-electron chi connectivity index (χ3n) is 3.09. The first kappa shape index (κ1) is 15.6. The van der Waals surface area contributed by atoms with Crippen LogP contribution in [-0.2, 0) is 4.74 Å². The number of carbonyl (C=O) groups excluding carboxylic acids is 1. The van der Waals surface area contributed by atoms with Crippen molar-refractivity contribution in [2.45, 2.75) is 40.2 Å². The fourth-order valence-electron chi connectivity index (χ4n) is 1.94. The minimum atomic E-state index is -0.564. The SMILES string of the molecule is Cc1nc(Cl)c2ncn(N(C)C(=O)OC(C)(C)C)c2c1C. The van der Waals surface area contributed by atoms with Gasteiger partial charge in [0, 0.05) is 12.7 Å². The highest BCUT2D eigenvalue weighted by Gasteiger charge is 2.23. The van der Waals surface area contributed by atoms with E-state index in [1.54, 1.807) is 11.7 Å². The molecule has 2 aromatic rings. The Morgan fingerprint density at radius 3 is 2.57 bits per heavy atom. The van der Waals surface area contributed by atoms with Crippen molar-refractivity contribution in [2.24, 2.45) is 0 Å². The van der Waals surface area contributed by atoms with Gasteiger partial charge in [-0.15, -0.1) is 0 Å². The number of pyridine rings is 1. The molecule has 0 aliphatic heterocycles. The van der Waals surface area contributed by atoms with E-state index in [2.05, 4.69) is 9.97 Å². The molecule has 0 aromatic carbocycles. The smallest absolute Gasteiger partial charge is 0.429 e. The van der Waals surface area contributed by atoms with Crippen LogP contribution in [0.2, 0.25) is 5.15 Å². The van der Waals surface area contributed by atoms with E-state index in [0.717, 1.165) is 16.8 Å². The minimum absolute atomic E-state index is 0.324. The lowest BCUT2D eigenvalue weighted by atomic mass is 10.2. The van der Waals surface area contributed by atoms with Crippen molar-refractivity contribution < 1.29 is 9.53 Å². The molecule has 2 heterocycles. The van der Waals surface area contributed by atoms with Crippen LogP contribution in [0.15, 0.2) is 6.33 Å². The second-order valence-corrected chi connectivity index (χ2v) is 6.26. The Labute approximate surface area is 128 Å². The molecule has 6 nitrogen and oxygen atoms in total. The molecule has 0 spiro atoms. The number of amides is 1. The first-order chi connectivity index (χ1) is 9.61. The highest BCUT2D eigenvalue weighted by Crippen LogP contribution is 2.25. The molecule has 0 saturated carbocycles. The lowest BCUT2D eigenvalue weighted by molar-refractivity contribution is 0.0552. The number of rotatable bonds is 1. The van der Waals surface area contributed by atoms with Gasteiger partial charge in [-0.05, 0) is 40.2 Å².